The van der Waals surface area contributed by atoms with Gasteiger partial charge in [-0.2, -0.15) is 4.99 Å². The van der Waals surface area contributed by atoms with Gasteiger partial charge in [0.25, 0.3) is 0 Å². The number of aliphatic imine (C=N–C) groups is 1. The van der Waals surface area contributed by atoms with Crippen molar-refractivity contribution in [3.05, 3.63) is 47.5 Å². The molecule has 0 bridgehead atoms. The number of guanidine groups is 1. The topological polar surface area (TPSA) is 61.8 Å². The normalized spacial score (nSPS) is 20.6. The van der Waals surface area contributed by atoms with Crippen LogP contribution in [-0.2, 0) is 15.1 Å². The van der Waals surface area contributed by atoms with Crippen LogP contribution >= 0.6 is 11.3 Å². The van der Waals surface area contributed by atoms with E-state index >= 15 is 0 Å². The summed E-state index contributed by atoms with van der Waals surface area (Å²) in [5.41, 5.74) is 1.32. The van der Waals surface area contributed by atoms with Crippen molar-refractivity contribution >= 4 is 49.3 Å². The summed E-state index contributed by atoms with van der Waals surface area (Å²) in [5, 5.41) is 5.61. The summed E-state index contributed by atoms with van der Waals surface area (Å²) >= 11 is 1.74. The van der Waals surface area contributed by atoms with Crippen molar-refractivity contribution < 1.29 is 9.59 Å². The fourth-order valence-electron chi connectivity index (χ4n) is 3.68. The van der Waals surface area contributed by atoms with E-state index < -0.39 is 5.54 Å². The molecule has 146 valence electrons. The molecule has 2 amide bonds. The van der Waals surface area contributed by atoms with Crippen LogP contribution in [0.4, 0.5) is 0 Å². The van der Waals surface area contributed by atoms with Gasteiger partial charge in [-0.3, -0.25) is 14.5 Å². The highest BCUT2D eigenvalue weighted by molar-refractivity contribution is 7.25. The van der Waals surface area contributed by atoms with E-state index in [0.29, 0.717) is 0 Å². The lowest BCUT2D eigenvalue weighted by Crippen LogP contribution is -2.58. The summed E-state index contributed by atoms with van der Waals surface area (Å²) in [5.74, 6) is 5.92. The number of thiophene rings is 1. The van der Waals surface area contributed by atoms with Gasteiger partial charge in [-0.15, -0.1) is 17.3 Å². The fraction of sp³-hybridized carbons (Fsp3) is 0.261. The molecule has 1 atom stereocenters. The molecule has 5 nitrogen and oxygen atoms in total. The van der Waals surface area contributed by atoms with E-state index in [1.54, 1.807) is 18.4 Å². The SMILES string of the molecule is CC#Cc1ccc2sc3ccc([C@]4(C)CC(=O)N(C)/C(=N\C(C)=O)N4)cc3c2c1. The van der Waals surface area contributed by atoms with Crippen LogP contribution in [0.25, 0.3) is 20.2 Å². The number of benzene rings is 2. The molecule has 1 aromatic heterocycles. The van der Waals surface area contributed by atoms with Crippen molar-refractivity contribution in [2.45, 2.75) is 32.7 Å². The second kappa shape index (κ2) is 7.02. The summed E-state index contributed by atoms with van der Waals surface area (Å²) in [7, 11) is 1.63. The van der Waals surface area contributed by atoms with Gasteiger partial charge in [0, 0.05) is 39.7 Å². The van der Waals surface area contributed by atoms with Crippen LogP contribution in [0.5, 0.6) is 0 Å². The third-order valence-electron chi connectivity index (χ3n) is 5.22. The number of nitrogens with one attached hydrogen (secondary N) is 1. The third kappa shape index (κ3) is 3.39. The Morgan fingerprint density at radius 2 is 1.90 bits per heavy atom. The van der Waals surface area contributed by atoms with Crippen molar-refractivity contribution in [3.63, 3.8) is 0 Å². The molecular formula is C23H21N3O2S. The monoisotopic (exact) mass is 403 g/mol. The van der Waals surface area contributed by atoms with Gasteiger partial charge in [0.05, 0.1) is 12.0 Å². The lowest BCUT2D eigenvalue weighted by atomic mass is 9.86. The quantitative estimate of drug-likeness (QED) is 0.625. The summed E-state index contributed by atoms with van der Waals surface area (Å²) in [6.07, 6.45) is 0.278. The minimum absolute atomic E-state index is 0.0815. The van der Waals surface area contributed by atoms with Gasteiger partial charge in [0.15, 0.2) is 0 Å². The van der Waals surface area contributed by atoms with E-state index in [1.807, 2.05) is 26.0 Å². The van der Waals surface area contributed by atoms with Gasteiger partial charge in [-0.05, 0) is 49.7 Å². The third-order valence-corrected chi connectivity index (χ3v) is 6.38. The zero-order valence-corrected chi connectivity index (χ0v) is 17.6. The molecule has 2 heterocycles. The predicted molar refractivity (Wildman–Crippen MR) is 118 cm³/mol. The molecule has 2 aromatic carbocycles. The van der Waals surface area contributed by atoms with Gasteiger partial charge in [-0.1, -0.05) is 12.0 Å². The largest absolute Gasteiger partial charge is 0.346 e. The van der Waals surface area contributed by atoms with Crippen LogP contribution in [-0.4, -0.2) is 29.7 Å². The van der Waals surface area contributed by atoms with E-state index in [2.05, 4.69) is 46.4 Å². The lowest BCUT2D eigenvalue weighted by Gasteiger charge is -2.40. The summed E-state index contributed by atoms with van der Waals surface area (Å²) in [6.45, 7) is 5.17. The Hall–Kier alpha value is -3.17. The molecule has 1 N–H and O–H groups in total. The maximum Gasteiger partial charge on any atom is 0.245 e. The number of carbonyl (C=O) groups is 2. The van der Waals surface area contributed by atoms with E-state index in [9.17, 15) is 9.59 Å². The number of rotatable bonds is 1. The standard InChI is InChI=1S/C23H21N3O2S/c1-5-6-15-7-9-19-17(11-15)18-12-16(8-10-20(18)29-19)23(3)13-21(28)26(4)22(25-23)24-14(2)27/h7-12H,13H2,1-4H3,(H,24,25,27)/t23-/m0/s1. The summed E-state index contributed by atoms with van der Waals surface area (Å²) in [4.78, 5) is 29.5. The van der Waals surface area contributed by atoms with Crippen LogP contribution < -0.4 is 5.32 Å². The van der Waals surface area contributed by atoms with E-state index in [4.69, 9.17) is 0 Å². The number of fused-ring (bicyclic) bond motifs is 3. The Bertz CT molecular complexity index is 1260. The van der Waals surface area contributed by atoms with Gasteiger partial charge in [-0.25, -0.2) is 0 Å². The minimum atomic E-state index is -0.652. The molecule has 0 spiro atoms. The fourth-order valence-corrected chi connectivity index (χ4v) is 4.75. The number of hydrogen-bond donors (Lipinski definition) is 1. The molecule has 0 aliphatic carbocycles. The first kappa shape index (κ1) is 19.2. The zero-order valence-electron chi connectivity index (χ0n) is 16.8. The van der Waals surface area contributed by atoms with Gasteiger partial charge in [0.1, 0.15) is 0 Å². The molecule has 6 heteroatoms. The summed E-state index contributed by atoms with van der Waals surface area (Å²) < 4.78 is 2.39. The highest BCUT2D eigenvalue weighted by Gasteiger charge is 2.38. The van der Waals surface area contributed by atoms with Gasteiger partial charge >= 0.3 is 0 Å². The average molecular weight is 404 g/mol. The van der Waals surface area contributed by atoms with Crippen molar-refractivity contribution in [1.29, 1.82) is 0 Å². The molecular weight excluding hydrogens is 382 g/mol. The summed E-state index contributed by atoms with van der Waals surface area (Å²) in [6, 6.07) is 12.5. The molecule has 1 aliphatic rings. The van der Waals surface area contributed by atoms with Crippen LogP contribution in [0, 0.1) is 11.8 Å². The van der Waals surface area contributed by atoms with E-state index in [-0.39, 0.29) is 24.2 Å². The highest BCUT2D eigenvalue weighted by Crippen LogP contribution is 2.38. The smallest absolute Gasteiger partial charge is 0.245 e. The predicted octanol–water partition coefficient (Wildman–Crippen LogP) is 4.00. The lowest BCUT2D eigenvalue weighted by molar-refractivity contribution is -0.129. The highest BCUT2D eigenvalue weighted by atomic mass is 32.1. The Morgan fingerprint density at radius 3 is 2.59 bits per heavy atom. The molecule has 1 aliphatic heterocycles. The zero-order chi connectivity index (χ0) is 20.8. The molecule has 0 radical (unpaired) electrons. The number of amides is 2. The number of hydrogen-bond acceptors (Lipinski definition) is 3. The second-order valence-corrected chi connectivity index (χ2v) is 8.52. The molecule has 29 heavy (non-hydrogen) atoms. The maximum absolute atomic E-state index is 12.6. The molecule has 0 saturated carbocycles. The first-order chi connectivity index (χ1) is 13.8. The number of carbonyl (C=O) groups excluding carboxylic acids is 2. The van der Waals surface area contributed by atoms with Crippen LogP contribution in [0.2, 0.25) is 0 Å². The Morgan fingerprint density at radius 1 is 1.21 bits per heavy atom. The van der Waals surface area contributed by atoms with E-state index in [0.717, 1.165) is 21.9 Å². The van der Waals surface area contributed by atoms with Crippen LogP contribution in [0.15, 0.2) is 41.4 Å². The van der Waals surface area contributed by atoms with Crippen molar-refractivity contribution in [1.82, 2.24) is 10.2 Å². The molecule has 4 rings (SSSR count). The first-order valence-electron chi connectivity index (χ1n) is 9.34. The minimum Gasteiger partial charge on any atom is -0.346 e. The average Bonchev–Trinajstić information content (AvgIpc) is 3.03. The van der Waals surface area contributed by atoms with Gasteiger partial charge < -0.3 is 5.32 Å². The molecule has 1 saturated heterocycles. The first-order valence-corrected chi connectivity index (χ1v) is 10.2. The van der Waals surface area contributed by atoms with E-state index in [1.165, 1.54) is 21.2 Å². The maximum atomic E-state index is 12.6. The van der Waals surface area contributed by atoms with Crippen molar-refractivity contribution in [2.24, 2.45) is 4.99 Å². The second-order valence-electron chi connectivity index (χ2n) is 7.44. The van der Waals surface area contributed by atoms with Crippen LogP contribution in [0.3, 0.4) is 0 Å². The Labute approximate surface area is 173 Å². The molecule has 1 fully saturated rings. The van der Waals surface area contributed by atoms with Gasteiger partial charge in [0.2, 0.25) is 17.8 Å². The Kier molecular flexibility index (Phi) is 4.64. The molecule has 0 unspecified atom stereocenters. The Balaban J connectivity index is 1.85. The number of nitrogens with zero attached hydrogens (tertiary/aromatic N) is 2. The van der Waals surface area contributed by atoms with Crippen molar-refractivity contribution in [3.8, 4) is 11.8 Å². The van der Waals surface area contributed by atoms with Crippen LogP contribution in [0.1, 0.15) is 38.3 Å². The molecule has 3 aromatic rings. The van der Waals surface area contributed by atoms with Crippen molar-refractivity contribution in [2.75, 3.05) is 7.05 Å².